The number of hydrogen-bond donors (Lipinski definition) is 4. The molecule has 0 amide bonds. The molecule has 0 aliphatic heterocycles. The topological polar surface area (TPSA) is 98.0 Å². The smallest absolute Gasteiger partial charge is 0.307 e. The molecule has 238 valence electrons. The zero-order valence-corrected chi connectivity index (χ0v) is 26.2. The van der Waals surface area contributed by atoms with Crippen LogP contribution in [-0.4, -0.2) is 39.1 Å². The van der Waals surface area contributed by atoms with Gasteiger partial charge in [0.15, 0.2) is 0 Å². The molecule has 2 aromatic carbocycles. The van der Waals surface area contributed by atoms with E-state index in [1.807, 2.05) is 0 Å². The summed E-state index contributed by atoms with van der Waals surface area (Å²) in [5.74, 6) is 0.245. The number of benzene rings is 2. The summed E-state index contributed by atoms with van der Waals surface area (Å²) >= 11 is 0. The maximum atomic E-state index is 12.8. The number of aliphatic hydroxyl groups is 2. The molecule has 44 heavy (non-hydrogen) atoms. The third-order valence-corrected chi connectivity index (χ3v) is 11.0. The molecule has 6 unspecified atom stereocenters. The van der Waals surface area contributed by atoms with Crippen LogP contribution in [0.1, 0.15) is 112 Å². The molecule has 0 saturated heterocycles. The quantitative estimate of drug-likeness (QED) is 0.163. The summed E-state index contributed by atoms with van der Waals surface area (Å²) in [6.07, 6.45) is 20.6. The Morgan fingerprint density at radius 1 is 0.932 bits per heavy atom. The summed E-state index contributed by atoms with van der Waals surface area (Å²) in [6.45, 7) is 0.208. The zero-order chi connectivity index (χ0) is 30.9. The van der Waals surface area contributed by atoms with E-state index in [1.54, 1.807) is 12.1 Å². The van der Waals surface area contributed by atoms with Crippen molar-refractivity contribution in [1.29, 1.82) is 0 Å². The van der Waals surface area contributed by atoms with Gasteiger partial charge in [0, 0.05) is 5.41 Å². The van der Waals surface area contributed by atoms with Crippen LogP contribution in [0.15, 0.2) is 72.3 Å². The molecule has 5 rings (SSSR count). The first-order valence-corrected chi connectivity index (χ1v) is 17.1. The Morgan fingerprint density at radius 3 is 2.43 bits per heavy atom. The van der Waals surface area contributed by atoms with Crippen molar-refractivity contribution in [2.24, 2.45) is 17.8 Å². The number of phenolic OH excluding ortho intramolecular Hbond substituents is 1. The van der Waals surface area contributed by atoms with E-state index in [0.29, 0.717) is 24.7 Å². The molecule has 5 nitrogen and oxygen atoms in total. The van der Waals surface area contributed by atoms with Crippen LogP contribution in [0.25, 0.3) is 0 Å². The summed E-state index contributed by atoms with van der Waals surface area (Å²) in [5.41, 5.74) is 4.13. The van der Waals surface area contributed by atoms with Crippen molar-refractivity contribution in [3.8, 4) is 5.75 Å². The van der Waals surface area contributed by atoms with Gasteiger partial charge in [0.2, 0.25) is 0 Å². The SMILES string of the molecule is O=C(O)C1CC=CCC(CCCCCCC2C=C(CO)CC2)C(c2ccc(O)cc2)Cc2cccc(c2)C12CCCC(O)C2. The molecule has 2 aromatic rings. The summed E-state index contributed by atoms with van der Waals surface area (Å²) in [5, 5.41) is 40.7. The average Bonchev–Trinajstić information content (AvgIpc) is 3.48. The molecule has 3 aliphatic rings. The van der Waals surface area contributed by atoms with Crippen LogP contribution in [0.3, 0.4) is 0 Å². The van der Waals surface area contributed by atoms with Gasteiger partial charge < -0.3 is 20.4 Å². The number of carboxylic acid groups (broad SMARTS) is 1. The monoisotopic (exact) mass is 600 g/mol. The first-order valence-electron chi connectivity index (χ1n) is 17.1. The zero-order valence-electron chi connectivity index (χ0n) is 26.2. The van der Waals surface area contributed by atoms with Crippen LogP contribution in [0.4, 0.5) is 0 Å². The third kappa shape index (κ3) is 8.03. The van der Waals surface area contributed by atoms with Crippen molar-refractivity contribution in [3.63, 3.8) is 0 Å². The Kier molecular flexibility index (Phi) is 11.4. The fraction of sp³-hybridized carbons (Fsp3) is 0.564. The number of phenols is 1. The molecular weight excluding hydrogens is 548 g/mol. The van der Waals surface area contributed by atoms with Gasteiger partial charge in [-0.3, -0.25) is 4.79 Å². The standard InChI is InChI=1S/C39H52O5/c40-27-30-17-16-28(23-30)9-3-1-2-4-11-31-12-5-6-15-37(38(43)44)39(22-8-14-35(42)26-39)33-13-7-10-29(24-33)25-36(31)32-18-20-34(41)21-19-32/h5-7,10,13,18-21,23-24,28,31,35-37,40-42H,1-4,8-9,11-12,14-17,22,25-27H2,(H,43,44). The van der Waals surface area contributed by atoms with Gasteiger partial charge in [-0.05, 0) is 123 Å². The molecular formula is C39H52O5. The molecule has 1 fully saturated rings. The molecule has 4 N–H and O–H groups in total. The highest BCUT2D eigenvalue weighted by atomic mass is 16.4. The Balaban J connectivity index is 1.36. The van der Waals surface area contributed by atoms with E-state index in [-0.39, 0.29) is 18.3 Å². The minimum absolute atomic E-state index is 0.208. The van der Waals surface area contributed by atoms with Gasteiger partial charge in [0.1, 0.15) is 5.75 Å². The number of aromatic hydroxyl groups is 1. The lowest BCUT2D eigenvalue weighted by molar-refractivity contribution is -0.145. The summed E-state index contributed by atoms with van der Waals surface area (Å²) in [7, 11) is 0. The Labute approximate surface area is 263 Å². The lowest BCUT2D eigenvalue weighted by atomic mass is 9.60. The Hall–Kier alpha value is -2.89. The molecule has 3 aliphatic carbocycles. The van der Waals surface area contributed by atoms with Gasteiger partial charge >= 0.3 is 5.97 Å². The minimum Gasteiger partial charge on any atom is -0.508 e. The summed E-state index contributed by atoms with van der Waals surface area (Å²) in [6, 6.07) is 16.3. The van der Waals surface area contributed by atoms with Crippen molar-refractivity contribution in [2.45, 2.75) is 114 Å². The second kappa shape index (κ2) is 15.4. The highest BCUT2D eigenvalue weighted by Crippen LogP contribution is 2.48. The van der Waals surface area contributed by atoms with Crippen LogP contribution in [0.2, 0.25) is 0 Å². The molecule has 0 radical (unpaired) electrons. The second-order valence-electron chi connectivity index (χ2n) is 13.9. The maximum Gasteiger partial charge on any atom is 0.307 e. The fourth-order valence-corrected chi connectivity index (χ4v) is 8.54. The number of rotatable bonds is 10. The van der Waals surface area contributed by atoms with Gasteiger partial charge in [-0.25, -0.2) is 0 Å². The lowest BCUT2D eigenvalue weighted by Crippen LogP contribution is -2.45. The van der Waals surface area contributed by atoms with Gasteiger partial charge in [-0.15, -0.1) is 0 Å². The number of unbranched alkanes of at least 4 members (excludes halogenated alkanes) is 3. The first kappa shape index (κ1) is 32.5. The maximum absolute atomic E-state index is 12.8. The minimum atomic E-state index is -0.773. The Morgan fingerprint density at radius 2 is 1.70 bits per heavy atom. The molecule has 1 saturated carbocycles. The van der Waals surface area contributed by atoms with Crippen molar-refractivity contribution in [3.05, 3.63) is 89.0 Å². The van der Waals surface area contributed by atoms with Gasteiger partial charge in [-0.1, -0.05) is 80.3 Å². The number of allylic oxidation sites excluding steroid dienone is 3. The molecule has 5 heteroatoms. The average molecular weight is 601 g/mol. The number of carbonyl (C=O) groups is 1. The van der Waals surface area contributed by atoms with Crippen LogP contribution < -0.4 is 0 Å². The van der Waals surface area contributed by atoms with Crippen molar-refractivity contribution < 1.29 is 25.2 Å². The number of hydrogen-bond acceptors (Lipinski definition) is 4. The Bertz CT molecular complexity index is 1280. The third-order valence-electron chi connectivity index (χ3n) is 11.0. The van der Waals surface area contributed by atoms with E-state index in [0.717, 1.165) is 56.9 Å². The molecule has 0 heterocycles. The normalized spacial score (nSPS) is 29.1. The number of fused-ring (bicyclic) bond motifs is 3. The van der Waals surface area contributed by atoms with Gasteiger partial charge in [0.05, 0.1) is 18.6 Å². The molecule has 6 atom stereocenters. The van der Waals surface area contributed by atoms with E-state index in [1.165, 1.54) is 48.8 Å². The van der Waals surface area contributed by atoms with Crippen LogP contribution in [0, 0.1) is 17.8 Å². The number of carboxylic acids is 1. The number of aliphatic carboxylic acids is 1. The van der Waals surface area contributed by atoms with Crippen LogP contribution in [-0.2, 0) is 16.6 Å². The van der Waals surface area contributed by atoms with Crippen molar-refractivity contribution in [1.82, 2.24) is 0 Å². The van der Waals surface area contributed by atoms with Crippen LogP contribution in [0.5, 0.6) is 5.75 Å². The van der Waals surface area contributed by atoms with E-state index in [9.17, 15) is 25.2 Å². The highest BCUT2D eigenvalue weighted by Gasteiger charge is 2.47. The summed E-state index contributed by atoms with van der Waals surface area (Å²) in [4.78, 5) is 12.8. The van der Waals surface area contributed by atoms with Gasteiger partial charge in [-0.2, -0.15) is 0 Å². The van der Waals surface area contributed by atoms with Crippen molar-refractivity contribution >= 4 is 5.97 Å². The van der Waals surface area contributed by atoms with Crippen molar-refractivity contribution in [2.75, 3.05) is 6.61 Å². The fourth-order valence-electron chi connectivity index (χ4n) is 8.54. The van der Waals surface area contributed by atoms with E-state index in [4.69, 9.17) is 0 Å². The predicted octanol–water partition coefficient (Wildman–Crippen LogP) is 8.23. The molecule has 1 spiro atoms. The molecule has 2 bridgehead atoms. The second-order valence-corrected chi connectivity index (χ2v) is 13.9. The highest BCUT2D eigenvalue weighted by molar-refractivity contribution is 5.73. The van der Waals surface area contributed by atoms with E-state index >= 15 is 0 Å². The summed E-state index contributed by atoms with van der Waals surface area (Å²) < 4.78 is 0. The first-order chi connectivity index (χ1) is 21.4. The molecule has 0 aromatic heterocycles. The van der Waals surface area contributed by atoms with Gasteiger partial charge in [0.25, 0.3) is 0 Å². The van der Waals surface area contributed by atoms with Crippen LogP contribution >= 0.6 is 0 Å². The van der Waals surface area contributed by atoms with E-state index < -0.39 is 23.4 Å². The predicted molar refractivity (Wildman–Crippen MR) is 176 cm³/mol. The van der Waals surface area contributed by atoms with E-state index in [2.05, 4.69) is 54.6 Å². The number of aliphatic hydroxyl groups excluding tert-OH is 2. The largest absolute Gasteiger partial charge is 0.508 e. The lowest BCUT2D eigenvalue weighted by Gasteiger charge is -2.44.